The fourth-order valence-electron chi connectivity index (χ4n) is 2.29. The van der Waals surface area contributed by atoms with Crippen molar-refractivity contribution in [3.63, 3.8) is 0 Å². The molecular weight excluding hydrogens is 386 g/mol. The van der Waals surface area contributed by atoms with Gasteiger partial charge in [-0.15, -0.1) is 0 Å². The van der Waals surface area contributed by atoms with E-state index in [0.717, 1.165) is 4.47 Å². The van der Waals surface area contributed by atoms with Crippen LogP contribution in [0.15, 0.2) is 53.0 Å². The van der Waals surface area contributed by atoms with E-state index in [-0.39, 0.29) is 5.91 Å². The Kier molecular flexibility index (Phi) is 6.84. The van der Waals surface area contributed by atoms with Gasteiger partial charge in [-0.25, -0.2) is 0 Å². The van der Waals surface area contributed by atoms with Crippen molar-refractivity contribution in [2.45, 2.75) is 32.1 Å². The predicted molar refractivity (Wildman–Crippen MR) is 99.8 cm³/mol. The molecule has 25 heavy (non-hydrogen) atoms. The van der Waals surface area contributed by atoms with Gasteiger partial charge < -0.3 is 19.9 Å². The van der Waals surface area contributed by atoms with Crippen molar-refractivity contribution in [2.75, 3.05) is 7.11 Å². The van der Waals surface area contributed by atoms with Crippen LogP contribution in [0, 0.1) is 0 Å². The Morgan fingerprint density at radius 3 is 2.36 bits per heavy atom. The van der Waals surface area contributed by atoms with Crippen LogP contribution in [0.2, 0.25) is 0 Å². The SMILES string of the molecule is COc1ccc(C(O)C(C)NC(=O)C(C)Oc2ccccc2Br)cc1. The van der Waals surface area contributed by atoms with Crippen molar-refractivity contribution >= 4 is 21.8 Å². The number of benzene rings is 2. The summed E-state index contributed by atoms with van der Waals surface area (Å²) in [5.41, 5.74) is 0.702. The lowest BCUT2D eigenvalue weighted by molar-refractivity contribution is -0.128. The van der Waals surface area contributed by atoms with Crippen LogP contribution in [0.5, 0.6) is 11.5 Å². The molecular formula is C19H22BrNO4. The highest BCUT2D eigenvalue weighted by Gasteiger charge is 2.22. The first-order chi connectivity index (χ1) is 11.9. The van der Waals surface area contributed by atoms with E-state index in [2.05, 4.69) is 21.2 Å². The fourth-order valence-corrected chi connectivity index (χ4v) is 2.67. The van der Waals surface area contributed by atoms with Gasteiger partial charge in [-0.2, -0.15) is 0 Å². The summed E-state index contributed by atoms with van der Waals surface area (Å²) in [6, 6.07) is 13.9. The minimum Gasteiger partial charge on any atom is -0.497 e. The van der Waals surface area contributed by atoms with E-state index >= 15 is 0 Å². The summed E-state index contributed by atoms with van der Waals surface area (Å²) in [5, 5.41) is 13.2. The first kappa shape index (κ1) is 19.3. The summed E-state index contributed by atoms with van der Waals surface area (Å²) in [6.07, 6.45) is -1.52. The highest BCUT2D eigenvalue weighted by atomic mass is 79.9. The number of para-hydroxylation sites is 1. The van der Waals surface area contributed by atoms with Crippen LogP contribution in [0.3, 0.4) is 0 Å². The first-order valence-corrected chi connectivity index (χ1v) is 8.75. The van der Waals surface area contributed by atoms with E-state index in [4.69, 9.17) is 9.47 Å². The summed E-state index contributed by atoms with van der Waals surface area (Å²) in [5.74, 6) is 1.01. The number of methoxy groups -OCH3 is 1. The summed E-state index contributed by atoms with van der Waals surface area (Å²) in [4.78, 5) is 12.3. The van der Waals surface area contributed by atoms with Crippen LogP contribution in [-0.4, -0.2) is 30.3 Å². The van der Waals surface area contributed by atoms with Crippen LogP contribution in [0.4, 0.5) is 0 Å². The summed E-state index contributed by atoms with van der Waals surface area (Å²) >= 11 is 3.38. The van der Waals surface area contributed by atoms with Gasteiger partial charge in [0.05, 0.1) is 23.7 Å². The first-order valence-electron chi connectivity index (χ1n) is 7.96. The van der Waals surface area contributed by atoms with E-state index in [1.165, 1.54) is 0 Å². The molecule has 0 aliphatic carbocycles. The second-order valence-corrected chi connectivity index (χ2v) is 6.56. The molecule has 134 valence electrons. The molecule has 0 saturated carbocycles. The van der Waals surface area contributed by atoms with Gasteiger partial charge in [-0.1, -0.05) is 24.3 Å². The van der Waals surface area contributed by atoms with Crippen molar-refractivity contribution in [1.82, 2.24) is 5.32 Å². The number of carbonyl (C=O) groups excluding carboxylic acids is 1. The smallest absolute Gasteiger partial charge is 0.261 e. The Balaban J connectivity index is 1.94. The monoisotopic (exact) mass is 407 g/mol. The number of carbonyl (C=O) groups is 1. The van der Waals surface area contributed by atoms with Gasteiger partial charge in [0, 0.05) is 0 Å². The molecule has 2 rings (SSSR count). The molecule has 2 aromatic rings. The zero-order valence-corrected chi connectivity index (χ0v) is 16.0. The number of aliphatic hydroxyl groups excluding tert-OH is 1. The van der Waals surface area contributed by atoms with Gasteiger partial charge in [-0.05, 0) is 59.6 Å². The minimum absolute atomic E-state index is 0.296. The third kappa shape index (κ3) is 5.21. The highest BCUT2D eigenvalue weighted by molar-refractivity contribution is 9.10. The zero-order chi connectivity index (χ0) is 18.4. The number of nitrogens with one attached hydrogen (secondary N) is 1. The number of aliphatic hydroxyl groups is 1. The van der Waals surface area contributed by atoms with Gasteiger partial charge in [0.1, 0.15) is 11.5 Å². The Bertz CT molecular complexity index is 705. The second-order valence-electron chi connectivity index (χ2n) is 5.71. The largest absolute Gasteiger partial charge is 0.497 e. The van der Waals surface area contributed by atoms with E-state index in [1.807, 2.05) is 18.2 Å². The van der Waals surface area contributed by atoms with Crippen molar-refractivity contribution in [3.8, 4) is 11.5 Å². The average molecular weight is 408 g/mol. The number of halogens is 1. The highest BCUT2D eigenvalue weighted by Crippen LogP contribution is 2.25. The molecule has 0 saturated heterocycles. The average Bonchev–Trinajstić information content (AvgIpc) is 2.62. The van der Waals surface area contributed by atoms with Crippen LogP contribution in [-0.2, 0) is 4.79 Å². The number of rotatable bonds is 7. The third-order valence-electron chi connectivity index (χ3n) is 3.81. The molecule has 6 heteroatoms. The maximum absolute atomic E-state index is 12.3. The number of hydrogen-bond acceptors (Lipinski definition) is 4. The number of ether oxygens (including phenoxy) is 2. The molecule has 0 fully saturated rings. The topological polar surface area (TPSA) is 67.8 Å². The summed E-state index contributed by atoms with van der Waals surface area (Å²) in [6.45, 7) is 3.42. The molecule has 0 aromatic heterocycles. The lowest BCUT2D eigenvalue weighted by atomic mass is 10.0. The van der Waals surface area contributed by atoms with Crippen molar-refractivity contribution in [2.24, 2.45) is 0 Å². The fraction of sp³-hybridized carbons (Fsp3) is 0.316. The molecule has 0 radical (unpaired) electrons. The van der Waals surface area contributed by atoms with E-state index in [1.54, 1.807) is 51.3 Å². The molecule has 1 amide bonds. The van der Waals surface area contributed by atoms with E-state index < -0.39 is 18.2 Å². The van der Waals surface area contributed by atoms with Crippen molar-refractivity contribution in [3.05, 3.63) is 58.6 Å². The van der Waals surface area contributed by atoms with Gasteiger partial charge in [0.15, 0.2) is 6.10 Å². The molecule has 2 N–H and O–H groups in total. The predicted octanol–water partition coefficient (Wildman–Crippen LogP) is 3.46. The lowest BCUT2D eigenvalue weighted by Crippen LogP contribution is -2.43. The standard InChI is InChI=1S/C19H22BrNO4/c1-12(18(22)14-8-10-15(24-3)11-9-14)21-19(23)13(2)25-17-7-5-4-6-16(17)20/h4-13,18,22H,1-3H3,(H,21,23). The quantitative estimate of drug-likeness (QED) is 0.737. The van der Waals surface area contributed by atoms with Crippen LogP contribution < -0.4 is 14.8 Å². The number of hydrogen-bond donors (Lipinski definition) is 2. The van der Waals surface area contributed by atoms with Crippen molar-refractivity contribution in [1.29, 1.82) is 0 Å². The normalized spacial score (nSPS) is 14.3. The van der Waals surface area contributed by atoms with Gasteiger partial charge in [0.25, 0.3) is 5.91 Å². The van der Waals surface area contributed by atoms with Gasteiger partial charge >= 0.3 is 0 Å². The van der Waals surface area contributed by atoms with Gasteiger partial charge in [-0.3, -0.25) is 4.79 Å². The Labute approximate surface area is 156 Å². The molecule has 2 aromatic carbocycles. The molecule has 0 aliphatic heterocycles. The number of amides is 1. The molecule has 3 unspecified atom stereocenters. The lowest BCUT2D eigenvalue weighted by Gasteiger charge is -2.23. The summed E-state index contributed by atoms with van der Waals surface area (Å²) < 4.78 is 11.5. The third-order valence-corrected chi connectivity index (χ3v) is 4.47. The van der Waals surface area contributed by atoms with Crippen LogP contribution in [0.1, 0.15) is 25.5 Å². The molecule has 0 heterocycles. The van der Waals surface area contributed by atoms with Crippen LogP contribution >= 0.6 is 15.9 Å². The minimum atomic E-state index is -0.828. The maximum Gasteiger partial charge on any atom is 0.261 e. The van der Waals surface area contributed by atoms with E-state index in [9.17, 15) is 9.90 Å². The van der Waals surface area contributed by atoms with Crippen LogP contribution in [0.25, 0.3) is 0 Å². The molecule has 0 aliphatic rings. The second kappa shape index (κ2) is 8.87. The maximum atomic E-state index is 12.3. The van der Waals surface area contributed by atoms with E-state index in [0.29, 0.717) is 17.1 Å². The Morgan fingerprint density at radius 1 is 1.12 bits per heavy atom. The summed E-state index contributed by atoms with van der Waals surface area (Å²) in [7, 11) is 1.58. The Morgan fingerprint density at radius 2 is 1.76 bits per heavy atom. The zero-order valence-electron chi connectivity index (χ0n) is 14.4. The Hall–Kier alpha value is -2.05. The molecule has 3 atom stereocenters. The van der Waals surface area contributed by atoms with Gasteiger partial charge in [0.2, 0.25) is 0 Å². The molecule has 5 nitrogen and oxygen atoms in total. The molecule has 0 spiro atoms. The molecule has 0 bridgehead atoms. The van der Waals surface area contributed by atoms with Crippen molar-refractivity contribution < 1.29 is 19.4 Å².